The normalized spacial score (nSPS) is 10.1. The molecule has 0 unspecified atom stereocenters. The van der Waals surface area contributed by atoms with Crippen molar-refractivity contribution in [1.82, 2.24) is 5.32 Å². The second-order valence-electron chi connectivity index (χ2n) is 5.45. The van der Waals surface area contributed by atoms with Crippen LogP contribution < -0.4 is 10.6 Å². The number of hydrogen-bond acceptors (Lipinski definition) is 4. The molecule has 136 valence electrons. The molecule has 0 radical (unpaired) electrons. The van der Waals surface area contributed by atoms with Gasteiger partial charge in [-0.25, -0.2) is 4.79 Å². The van der Waals surface area contributed by atoms with Crippen molar-refractivity contribution >= 4 is 46.5 Å². The largest absolute Gasteiger partial charge is 0.462 e. The predicted molar refractivity (Wildman–Crippen MR) is 107 cm³/mol. The van der Waals surface area contributed by atoms with E-state index >= 15 is 0 Å². The van der Waals surface area contributed by atoms with Crippen molar-refractivity contribution in [2.75, 3.05) is 11.9 Å². The van der Waals surface area contributed by atoms with Gasteiger partial charge >= 0.3 is 5.97 Å². The molecule has 2 N–H and O–H groups in total. The molecular formula is C19H19ClN2O3S. The molecule has 0 aromatic heterocycles. The second-order valence-corrected chi connectivity index (χ2v) is 6.27. The molecule has 5 nitrogen and oxygen atoms in total. The third kappa shape index (κ3) is 5.82. The van der Waals surface area contributed by atoms with Gasteiger partial charge in [0.1, 0.15) is 0 Å². The summed E-state index contributed by atoms with van der Waals surface area (Å²) in [6.07, 6.45) is 1.80. The first-order valence-corrected chi connectivity index (χ1v) is 8.94. The fraction of sp³-hybridized carbons (Fsp3) is 0.211. The summed E-state index contributed by atoms with van der Waals surface area (Å²) in [5, 5.41) is 5.93. The summed E-state index contributed by atoms with van der Waals surface area (Å²) in [5.74, 6) is -0.760. The Morgan fingerprint density at radius 1 is 1.12 bits per heavy atom. The molecule has 2 aromatic rings. The molecule has 26 heavy (non-hydrogen) atoms. The minimum Gasteiger partial charge on any atom is -0.462 e. The van der Waals surface area contributed by atoms with Crippen LogP contribution in [0.5, 0.6) is 0 Å². The summed E-state index contributed by atoms with van der Waals surface area (Å²) in [5.41, 5.74) is 1.43. The van der Waals surface area contributed by atoms with Crippen LogP contribution in [-0.4, -0.2) is 23.6 Å². The molecule has 0 saturated heterocycles. The Balaban J connectivity index is 1.90. The molecule has 0 heterocycles. The van der Waals surface area contributed by atoms with E-state index in [9.17, 15) is 9.59 Å². The maximum absolute atomic E-state index is 12.2. The van der Waals surface area contributed by atoms with Gasteiger partial charge in [-0.05, 0) is 55.0 Å². The molecule has 7 heteroatoms. The number of carbonyl (C=O) groups is 2. The number of hydrogen-bond donors (Lipinski definition) is 2. The van der Waals surface area contributed by atoms with Crippen molar-refractivity contribution < 1.29 is 14.3 Å². The molecule has 0 aliphatic carbocycles. The van der Waals surface area contributed by atoms with Crippen LogP contribution in [0.3, 0.4) is 0 Å². The van der Waals surface area contributed by atoms with E-state index in [1.165, 1.54) is 0 Å². The van der Waals surface area contributed by atoms with E-state index in [1.807, 2.05) is 6.92 Å². The summed E-state index contributed by atoms with van der Waals surface area (Å²) >= 11 is 11.1. The minimum absolute atomic E-state index is 0.133. The number of ether oxygens (including phenoxy) is 1. The SMILES string of the molecule is CCCCOC(=O)c1ccc(NC(=S)NC(=O)c2ccccc2Cl)cc1. The minimum atomic E-state index is -0.399. The predicted octanol–water partition coefficient (Wildman–Crippen LogP) is 4.42. The molecule has 0 spiro atoms. The first-order valence-electron chi connectivity index (χ1n) is 8.15. The summed E-state index contributed by atoms with van der Waals surface area (Å²) in [7, 11) is 0. The van der Waals surface area contributed by atoms with Gasteiger partial charge in [0.05, 0.1) is 22.8 Å². The molecule has 0 aliphatic heterocycles. The molecule has 0 aliphatic rings. The Morgan fingerprint density at radius 2 is 1.81 bits per heavy atom. The van der Waals surface area contributed by atoms with Gasteiger partial charge in [0.25, 0.3) is 5.91 Å². The molecule has 0 fully saturated rings. The maximum atomic E-state index is 12.2. The topological polar surface area (TPSA) is 67.4 Å². The zero-order valence-corrected chi connectivity index (χ0v) is 15.8. The van der Waals surface area contributed by atoms with Gasteiger partial charge in [-0.15, -0.1) is 0 Å². The Kier molecular flexibility index (Phi) is 7.56. The number of carbonyl (C=O) groups excluding carboxylic acids is 2. The number of unbranched alkanes of at least 4 members (excludes halogenated alkanes) is 1. The van der Waals surface area contributed by atoms with Gasteiger partial charge in [-0.1, -0.05) is 37.1 Å². The molecule has 0 saturated carbocycles. The Morgan fingerprint density at radius 3 is 2.46 bits per heavy atom. The highest BCUT2D eigenvalue weighted by Crippen LogP contribution is 2.15. The van der Waals surface area contributed by atoms with Crippen LogP contribution in [0.15, 0.2) is 48.5 Å². The van der Waals surface area contributed by atoms with Crippen LogP contribution >= 0.6 is 23.8 Å². The van der Waals surface area contributed by atoms with E-state index in [-0.39, 0.29) is 11.1 Å². The number of anilines is 1. The second kappa shape index (κ2) is 9.89. The quantitative estimate of drug-likeness (QED) is 0.434. The Hall–Kier alpha value is -2.44. The zero-order chi connectivity index (χ0) is 18.9. The Bertz CT molecular complexity index is 794. The number of nitrogens with one attached hydrogen (secondary N) is 2. The van der Waals surface area contributed by atoms with Crippen LogP contribution in [-0.2, 0) is 4.74 Å². The number of halogens is 1. The Labute approximate surface area is 162 Å². The molecule has 1 amide bonds. The van der Waals surface area contributed by atoms with Crippen LogP contribution in [0.4, 0.5) is 5.69 Å². The molecule has 0 bridgehead atoms. The highest BCUT2D eigenvalue weighted by molar-refractivity contribution is 7.80. The molecule has 2 aromatic carbocycles. The van der Waals surface area contributed by atoms with Gasteiger partial charge in [-0.3, -0.25) is 10.1 Å². The lowest BCUT2D eigenvalue weighted by molar-refractivity contribution is 0.0499. The summed E-state index contributed by atoms with van der Waals surface area (Å²) in [6, 6.07) is 13.3. The first-order chi connectivity index (χ1) is 12.5. The lowest BCUT2D eigenvalue weighted by Gasteiger charge is -2.11. The number of amides is 1. The van der Waals surface area contributed by atoms with Crippen LogP contribution in [0.25, 0.3) is 0 Å². The van der Waals surface area contributed by atoms with E-state index in [0.717, 1.165) is 12.8 Å². The summed E-state index contributed by atoms with van der Waals surface area (Å²) in [4.78, 5) is 24.0. The highest BCUT2D eigenvalue weighted by atomic mass is 35.5. The fourth-order valence-corrected chi connectivity index (χ4v) is 2.49. The summed E-state index contributed by atoms with van der Waals surface area (Å²) < 4.78 is 5.15. The monoisotopic (exact) mass is 390 g/mol. The van der Waals surface area contributed by atoms with Crippen molar-refractivity contribution in [2.24, 2.45) is 0 Å². The van der Waals surface area contributed by atoms with Crippen LogP contribution in [0.2, 0.25) is 5.02 Å². The fourth-order valence-electron chi connectivity index (χ4n) is 2.06. The van der Waals surface area contributed by atoms with Gasteiger partial charge in [0.15, 0.2) is 5.11 Å². The average molecular weight is 391 g/mol. The first kappa shape index (κ1) is 19.9. The van der Waals surface area contributed by atoms with Crippen molar-refractivity contribution in [1.29, 1.82) is 0 Å². The number of esters is 1. The van der Waals surface area contributed by atoms with Crippen molar-refractivity contribution in [3.05, 3.63) is 64.7 Å². The van der Waals surface area contributed by atoms with Crippen LogP contribution in [0, 0.1) is 0 Å². The van der Waals surface area contributed by atoms with Crippen molar-refractivity contribution in [3.63, 3.8) is 0 Å². The third-order valence-electron chi connectivity index (χ3n) is 3.46. The van der Waals surface area contributed by atoms with E-state index in [1.54, 1.807) is 48.5 Å². The van der Waals surface area contributed by atoms with E-state index < -0.39 is 5.91 Å². The van der Waals surface area contributed by atoms with Gasteiger partial charge in [-0.2, -0.15) is 0 Å². The van der Waals surface area contributed by atoms with Crippen molar-refractivity contribution in [3.8, 4) is 0 Å². The van der Waals surface area contributed by atoms with E-state index in [2.05, 4.69) is 10.6 Å². The number of rotatable bonds is 6. The van der Waals surface area contributed by atoms with Gasteiger partial charge in [0, 0.05) is 5.69 Å². The number of thiocarbonyl (C=S) groups is 1. The zero-order valence-electron chi connectivity index (χ0n) is 14.3. The average Bonchev–Trinajstić information content (AvgIpc) is 2.62. The smallest absolute Gasteiger partial charge is 0.338 e. The summed E-state index contributed by atoms with van der Waals surface area (Å²) in [6.45, 7) is 2.44. The molecule has 0 atom stereocenters. The molecular weight excluding hydrogens is 372 g/mol. The van der Waals surface area contributed by atoms with Crippen LogP contribution in [0.1, 0.15) is 40.5 Å². The molecule has 2 rings (SSSR count). The maximum Gasteiger partial charge on any atom is 0.338 e. The highest BCUT2D eigenvalue weighted by Gasteiger charge is 2.11. The lowest BCUT2D eigenvalue weighted by atomic mass is 10.2. The van der Waals surface area contributed by atoms with Gasteiger partial charge in [0.2, 0.25) is 0 Å². The standard InChI is InChI=1S/C19H19ClN2O3S/c1-2-3-12-25-18(24)13-8-10-14(11-9-13)21-19(26)22-17(23)15-6-4-5-7-16(15)20/h4-11H,2-3,12H2,1H3,(H2,21,22,23,26). The third-order valence-corrected chi connectivity index (χ3v) is 3.99. The van der Waals surface area contributed by atoms with E-state index in [4.69, 9.17) is 28.6 Å². The van der Waals surface area contributed by atoms with E-state index in [0.29, 0.717) is 28.4 Å². The lowest BCUT2D eigenvalue weighted by Crippen LogP contribution is -2.34. The number of benzene rings is 2. The van der Waals surface area contributed by atoms with Crippen molar-refractivity contribution in [2.45, 2.75) is 19.8 Å². The van der Waals surface area contributed by atoms with Gasteiger partial charge < -0.3 is 10.1 Å².